The molecule has 1 saturated carbocycles. The zero-order valence-corrected chi connectivity index (χ0v) is 7.68. The summed E-state index contributed by atoms with van der Waals surface area (Å²) in [5.41, 5.74) is 5.25. The molecule has 0 heterocycles. The Labute approximate surface area is 73.7 Å². The molecule has 12 heavy (non-hydrogen) atoms. The number of primary amides is 1. The second-order valence-corrected chi connectivity index (χ2v) is 3.54. The van der Waals surface area contributed by atoms with Crippen molar-refractivity contribution in [3.63, 3.8) is 0 Å². The van der Waals surface area contributed by atoms with E-state index in [2.05, 4.69) is 12.2 Å². The third kappa shape index (κ3) is 3.22. The average Bonchev–Trinajstić information content (AvgIpc) is 2.80. The summed E-state index contributed by atoms with van der Waals surface area (Å²) in [6, 6.07) is 0.483. The van der Waals surface area contributed by atoms with Gasteiger partial charge in [0.2, 0.25) is 5.91 Å². The van der Waals surface area contributed by atoms with Crippen LogP contribution in [0.5, 0.6) is 0 Å². The Hall–Kier alpha value is -0.570. The van der Waals surface area contributed by atoms with Gasteiger partial charge in [-0.25, -0.2) is 0 Å². The molecule has 1 rings (SSSR count). The van der Waals surface area contributed by atoms with Crippen LogP contribution in [-0.2, 0) is 4.79 Å². The minimum Gasteiger partial charge on any atom is -0.368 e. The van der Waals surface area contributed by atoms with E-state index in [9.17, 15) is 4.79 Å². The Morgan fingerprint density at radius 2 is 2.33 bits per heavy atom. The minimum absolute atomic E-state index is 0.0857. The lowest BCUT2D eigenvalue weighted by atomic mass is 10.1. The Morgan fingerprint density at radius 1 is 1.67 bits per heavy atom. The van der Waals surface area contributed by atoms with E-state index in [1.165, 1.54) is 12.8 Å². The molecule has 3 nitrogen and oxygen atoms in total. The largest absolute Gasteiger partial charge is 0.368 e. The molecule has 0 bridgehead atoms. The molecular formula is C9H18N2O. The molecule has 1 fully saturated rings. The highest BCUT2D eigenvalue weighted by Crippen LogP contribution is 2.20. The van der Waals surface area contributed by atoms with Crippen LogP contribution in [0, 0.1) is 0 Å². The molecule has 1 atom stereocenters. The van der Waals surface area contributed by atoms with Crippen LogP contribution in [0.15, 0.2) is 0 Å². The van der Waals surface area contributed by atoms with Gasteiger partial charge in [0.05, 0.1) is 6.04 Å². The summed E-state index contributed by atoms with van der Waals surface area (Å²) in [7, 11) is 0. The molecule has 3 heteroatoms. The number of hydrogen-bond acceptors (Lipinski definition) is 2. The van der Waals surface area contributed by atoms with Gasteiger partial charge in [0.1, 0.15) is 0 Å². The summed E-state index contributed by atoms with van der Waals surface area (Å²) in [4.78, 5) is 10.9. The van der Waals surface area contributed by atoms with Crippen LogP contribution in [0.4, 0.5) is 0 Å². The maximum absolute atomic E-state index is 10.9. The lowest BCUT2D eigenvalue weighted by molar-refractivity contribution is -0.120. The van der Waals surface area contributed by atoms with Crippen LogP contribution < -0.4 is 11.1 Å². The van der Waals surface area contributed by atoms with E-state index in [1.807, 2.05) is 0 Å². The molecule has 0 aromatic carbocycles. The molecule has 3 N–H and O–H groups in total. The smallest absolute Gasteiger partial charge is 0.234 e. The first-order valence-electron chi connectivity index (χ1n) is 4.79. The highest BCUT2D eigenvalue weighted by Gasteiger charge is 2.26. The Balaban J connectivity index is 2.21. The third-order valence-electron chi connectivity index (χ3n) is 2.20. The van der Waals surface area contributed by atoms with Crippen molar-refractivity contribution < 1.29 is 4.79 Å². The predicted molar refractivity (Wildman–Crippen MR) is 48.7 cm³/mol. The maximum atomic E-state index is 10.9. The normalized spacial score (nSPS) is 19.1. The molecule has 0 aromatic rings. The van der Waals surface area contributed by atoms with Gasteiger partial charge in [0.25, 0.3) is 0 Å². The average molecular weight is 170 g/mol. The topological polar surface area (TPSA) is 55.1 Å². The van der Waals surface area contributed by atoms with Gasteiger partial charge in [-0.2, -0.15) is 0 Å². The molecule has 1 aliphatic rings. The number of rotatable bonds is 6. The maximum Gasteiger partial charge on any atom is 0.234 e. The van der Waals surface area contributed by atoms with E-state index in [0.29, 0.717) is 6.04 Å². The Bertz CT molecular complexity index is 155. The molecule has 0 aliphatic heterocycles. The fraction of sp³-hybridized carbons (Fsp3) is 0.889. The lowest BCUT2D eigenvalue weighted by Gasteiger charge is -2.13. The summed E-state index contributed by atoms with van der Waals surface area (Å²) in [5.74, 6) is -0.199. The van der Waals surface area contributed by atoms with Crippen molar-refractivity contribution in [2.45, 2.75) is 51.1 Å². The lowest BCUT2D eigenvalue weighted by Crippen LogP contribution is -2.42. The van der Waals surface area contributed by atoms with Gasteiger partial charge in [0.15, 0.2) is 0 Å². The second-order valence-electron chi connectivity index (χ2n) is 3.54. The fourth-order valence-corrected chi connectivity index (χ4v) is 1.25. The first kappa shape index (κ1) is 9.52. The molecule has 1 unspecified atom stereocenters. The molecular weight excluding hydrogens is 152 g/mol. The van der Waals surface area contributed by atoms with E-state index >= 15 is 0 Å². The van der Waals surface area contributed by atoms with Crippen molar-refractivity contribution >= 4 is 5.91 Å². The van der Waals surface area contributed by atoms with Crippen LogP contribution in [-0.4, -0.2) is 18.0 Å². The summed E-state index contributed by atoms with van der Waals surface area (Å²) in [5, 5.41) is 3.25. The SMILES string of the molecule is CCCCC(NC1CC1)C(N)=O. The van der Waals surface area contributed by atoms with E-state index in [1.54, 1.807) is 0 Å². The van der Waals surface area contributed by atoms with E-state index in [-0.39, 0.29) is 11.9 Å². The molecule has 1 amide bonds. The van der Waals surface area contributed by atoms with E-state index < -0.39 is 0 Å². The van der Waals surface area contributed by atoms with Crippen LogP contribution >= 0.6 is 0 Å². The fourth-order valence-electron chi connectivity index (χ4n) is 1.25. The highest BCUT2D eigenvalue weighted by atomic mass is 16.1. The Morgan fingerprint density at radius 3 is 2.75 bits per heavy atom. The molecule has 0 saturated heterocycles. The number of carbonyl (C=O) groups is 1. The van der Waals surface area contributed by atoms with Crippen molar-refractivity contribution in [2.24, 2.45) is 5.73 Å². The molecule has 1 aliphatic carbocycles. The molecule has 0 aromatic heterocycles. The molecule has 0 spiro atoms. The van der Waals surface area contributed by atoms with Crippen molar-refractivity contribution in [1.29, 1.82) is 0 Å². The van der Waals surface area contributed by atoms with Crippen molar-refractivity contribution in [1.82, 2.24) is 5.32 Å². The van der Waals surface area contributed by atoms with E-state index in [4.69, 9.17) is 5.73 Å². The van der Waals surface area contributed by atoms with Crippen LogP contribution in [0.1, 0.15) is 39.0 Å². The van der Waals surface area contributed by atoms with Crippen LogP contribution in [0.2, 0.25) is 0 Å². The summed E-state index contributed by atoms with van der Waals surface area (Å²) < 4.78 is 0. The number of carbonyl (C=O) groups excluding carboxylic acids is 1. The van der Waals surface area contributed by atoms with Gasteiger partial charge in [-0.3, -0.25) is 4.79 Å². The summed E-state index contributed by atoms with van der Waals surface area (Å²) in [6.45, 7) is 2.12. The molecule has 0 radical (unpaired) electrons. The number of amides is 1. The first-order chi connectivity index (χ1) is 5.74. The van der Waals surface area contributed by atoms with Gasteiger partial charge >= 0.3 is 0 Å². The van der Waals surface area contributed by atoms with E-state index in [0.717, 1.165) is 19.3 Å². The highest BCUT2D eigenvalue weighted by molar-refractivity contribution is 5.79. The number of unbranched alkanes of at least 4 members (excludes halogenated alkanes) is 1. The van der Waals surface area contributed by atoms with Gasteiger partial charge in [-0.15, -0.1) is 0 Å². The van der Waals surface area contributed by atoms with Crippen molar-refractivity contribution in [2.75, 3.05) is 0 Å². The van der Waals surface area contributed by atoms with Crippen molar-refractivity contribution in [3.8, 4) is 0 Å². The standard InChI is InChI=1S/C9H18N2O/c1-2-3-4-8(9(10)12)11-7-5-6-7/h7-8,11H,2-6H2,1H3,(H2,10,12). The number of nitrogens with one attached hydrogen (secondary N) is 1. The van der Waals surface area contributed by atoms with Gasteiger partial charge in [-0.1, -0.05) is 19.8 Å². The third-order valence-corrected chi connectivity index (χ3v) is 2.20. The van der Waals surface area contributed by atoms with Gasteiger partial charge < -0.3 is 11.1 Å². The minimum atomic E-state index is -0.199. The zero-order valence-electron chi connectivity index (χ0n) is 7.68. The summed E-state index contributed by atoms with van der Waals surface area (Å²) in [6.07, 6.45) is 5.50. The number of hydrogen-bond donors (Lipinski definition) is 2. The van der Waals surface area contributed by atoms with Crippen LogP contribution in [0.3, 0.4) is 0 Å². The Kier molecular flexibility index (Phi) is 3.53. The molecule has 70 valence electrons. The van der Waals surface area contributed by atoms with Gasteiger partial charge in [-0.05, 0) is 19.3 Å². The van der Waals surface area contributed by atoms with Crippen LogP contribution in [0.25, 0.3) is 0 Å². The van der Waals surface area contributed by atoms with Gasteiger partial charge in [0, 0.05) is 6.04 Å². The van der Waals surface area contributed by atoms with Crippen molar-refractivity contribution in [3.05, 3.63) is 0 Å². The quantitative estimate of drug-likeness (QED) is 0.619. The zero-order chi connectivity index (χ0) is 8.97. The predicted octanol–water partition coefficient (Wildman–Crippen LogP) is 0.783. The monoisotopic (exact) mass is 170 g/mol. The number of nitrogens with two attached hydrogens (primary N) is 1. The first-order valence-corrected chi connectivity index (χ1v) is 4.79. The second kappa shape index (κ2) is 4.45. The summed E-state index contributed by atoms with van der Waals surface area (Å²) >= 11 is 0.